The Balaban J connectivity index is 1.63. The monoisotopic (exact) mass is 426 g/mol. The smallest absolute Gasteiger partial charge is 0.272 e. The van der Waals surface area contributed by atoms with Gasteiger partial charge in [0.2, 0.25) is 10.0 Å². The molecule has 0 fully saturated rings. The molecule has 7 nitrogen and oxygen atoms in total. The molecule has 0 bridgehead atoms. The molecule has 5 N–H and O–H groups in total. The predicted molar refractivity (Wildman–Crippen MR) is 116 cm³/mol. The summed E-state index contributed by atoms with van der Waals surface area (Å²) >= 11 is 1.56. The van der Waals surface area contributed by atoms with Gasteiger partial charge in [-0.25, -0.2) is 13.6 Å². The Hall–Kier alpha value is -3.14. The fourth-order valence-corrected chi connectivity index (χ4v) is 4.40. The Labute approximate surface area is 171 Å². The van der Waals surface area contributed by atoms with Gasteiger partial charge in [-0.3, -0.25) is 4.79 Å². The van der Waals surface area contributed by atoms with Gasteiger partial charge in [0, 0.05) is 17.9 Å². The number of thiophene rings is 1. The van der Waals surface area contributed by atoms with Gasteiger partial charge < -0.3 is 15.6 Å². The number of nitrogens with zero attached hydrogens (tertiary/aromatic N) is 1. The average molecular weight is 427 g/mol. The fraction of sp³-hybridized carbons (Fsp3) is 0.0500. The van der Waals surface area contributed by atoms with E-state index in [1.165, 1.54) is 24.3 Å². The van der Waals surface area contributed by atoms with Gasteiger partial charge in [-0.2, -0.15) is 0 Å². The van der Waals surface area contributed by atoms with Crippen molar-refractivity contribution in [3.8, 4) is 0 Å². The zero-order chi connectivity index (χ0) is 20.6. The van der Waals surface area contributed by atoms with E-state index in [4.69, 9.17) is 10.9 Å². The Bertz CT molecular complexity index is 1290. The Kier molecular flexibility index (Phi) is 4.87. The molecule has 0 atom stereocenters. The highest BCUT2D eigenvalue weighted by Gasteiger charge is 2.17. The molecule has 0 unspecified atom stereocenters. The second-order valence-corrected chi connectivity index (χ2v) is 9.06. The number of hydrogen-bond donors (Lipinski definition) is 3. The minimum absolute atomic E-state index is 0.0114. The lowest BCUT2D eigenvalue weighted by atomic mass is 10.2. The first kappa shape index (κ1) is 19.2. The van der Waals surface area contributed by atoms with E-state index in [-0.39, 0.29) is 10.8 Å². The molecule has 0 aliphatic carbocycles. The molecule has 1 amide bonds. The lowest BCUT2D eigenvalue weighted by Crippen LogP contribution is -2.18. The number of fused-ring (bicyclic) bond motifs is 1. The number of carbonyl (C=O) groups is 1. The van der Waals surface area contributed by atoms with Crippen molar-refractivity contribution in [3.63, 3.8) is 0 Å². The maximum Gasteiger partial charge on any atom is 0.272 e. The molecule has 0 radical (unpaired) electrons. The molecular formula is C20H18N4O3S2. The number of sulfonamides is 1. The Morgan fingerprint density at radius 1 is 1.03 bits per heavy atom. The van der Waals surface area contributed by atoms with Gasteiger partial charge in [-0.05, 0) is 59.5 Å². The van der Waals surface area contributed by atoms with Crippen LogP contribution in [0.15, 0.2) is 70.9 Å². The van der Waals surface area contributed by atoms with Crippen molar-refractivity contribution < 1.29 is 13.2 Å². The van der Waals surface area contributed by atoms with E-state index in [1.807, 2.05) is 46.3 Å². The SMILES string of the molecule is Nc1ccc(Cn2c(C(=O)Nc3ccc(S(N)(=O)=O)cc3)cc3sccc32)cc1. The predicted octanol–water partition coefficient (Wildman–Crippen LogP) is 3.23. The molecule has 0 spiro atoms. The summed E-state index contributed by atoms with van der Waals surface area (Å²) in [5.41, 5.74) is 9.43. The van der Waals surface area contributed by atoms with E-state index in [0.29, 0.717) is 23.6 Å². The highest BCUT2D eigenvalue weighted by Crippen LogP contribution is 2.27. The van der Waals surface area contributed by atoms with Gasteiger partial charge in [0.05, 0.1) is 15.1 Å². The van der Waals surface area contributed by atoms with E-state index in [1.54, 1.807) is 11.3 Å². The third-order valence-electron chi connectivity index (χ3n) is 4.52. The van der Waals surface area contributed by atoms with Gasteiger partial charge in [-0.15, -0.1) is 11.3 Å². The number of carbonyl (C=O) groups excluding carboxylic acids is 1. The minimum atomic E-state index is -3.78. The maximum atomic E-state index is 12.9. The second-order valence-electron chi connectivity index (χ2n) is 6.55. The lowest BCUT2D eigenvalue weighted by Gasteiger charge is -2.11. The zero-order valence-electron chi connectivity index (χ0n) is 15.2. The van der Waals surface area contributed by atoms with Gasteiger partial charge in [0.25, 0.3) is 5.91 Å². The van der Waals surface area contributed by atoms with Crippen LogP contribution in [-0.2, 0) is 16.6 Å². The number of benzene rings is 2. The quantitative estimate of drug-likeness (QED) is 0.424. The van der Waals surface area contributed by atoms with E-state index in [0.717, 1.165) is 15.8 Å². The normalized spacial score (nSPS) is 11.6. The maximum absolute atomic E-state index is 12.9. The largest absolute Gasteiger partial charge is 0.399 e. The number of amides is 1. The second kappa shape index (κ2) is 7.36. The number of hydrogen-bond acceptors (Lipinski definition) is 5. The third kappa shape index (κ3) is 4.02. The van der Waals surface area contributed by atoms with Gasteiger partial charge in [-0.1, -0.05) is 12.1 Å². The summed E-state index contributed by atoms with van der Waals surface area (Å²) < 4.78 is 25.7. The molecular weight excluding hydrogens is 408 g/mol. The molecule has 2 heterocycles. The highest BCUT2D eigenvalue weighted by atomic mass is 32.2. The van der Waals surface area contributed by atoms with Crippen LogP contribution >= 0.6 is 11.3 Å². The summed E-state index contributed by atoms with van der Waals surface area (Å²) in [6, 6.07) is 17.1. The number of aromatic nitrogens is 1. The molecule has 0 saturated carbocycles. The van der Waals surface area contributed by atoms with Crippen molar-refractivity contribution in [3.05, 3.63) is 77.3 Å². The standard InChI is InChI=1S/C20H18N4O3S2/c21-14-3-1-13(2-4-14)12-24-17-9-10-28-19(17)11-18(24)20(25)23-15-5-7-16(8-6-15)29(22,26)27/h1-11H,12,21H2,(H,23,25)(H2,22,26,27). The van der Waals surface area contributed by atoms with Crippen molar-refractivity contribution in [2.24, 2.45) is 5.14 Å². The van der Waals surface area contributed by atoms with Crippen LogP contribution in [0.25, 0.3) is 10.2 Å². The van der Waals surface area contributed by atoms with Crippen LogP contribution in [0.5, 0.6) is 0 Å². The van der Waals surface area contributed by atoms with Crippen LogP contribution in [-0.4, -0.2) is 18.9 Å². The van der Waals surface area contributed by atoms with E-state index in [2.05, 4.69) is 5.32 Å². The third-order valence-corrected chi connectivity index (χ3v) is 6.30. The zero-order valence-corrected chi connectivity index (χ0v) is 16.8. The molecule has 148 valence electrons. The van der Waals surface area contributed by atoms with Crippen molar-refractivity contribution in [1.29, 1.82) is 0 Å². The molecule has 4 aromatic rings. The first-order valence-electron chi connectivity index (χ1n) is 8.66. The fourth-order valence-electron chi connectivity index (χ4n) is 3.06. The number of nitrogens with two attached hydrogens (primary N) is 2. The van der Waals surface area contributed by atoms with Crippen LogP contribution < -0.4 is 16.2 Å². The van der Waals surface area contributed by atoms with Gasteiger partial charge in [0.1, 0.15) is 5.69 Å². The van der Waals surface area contributed by atoms with Crippen LogP contribution in [0.3, 0.4) is 0 Å². The van der Waals surface area contributed by atoms with E-state index >= 15 is 0 Å². The van der Waals surface area contributed by atoms with Crippen LogP contribution in [0, 0.1) is 0 Å². The topological polar surface area (TPSA) is 120 Å². The Morgan fingerprint density at radius 3 is 2.38 bits per heavy atom. The molecule has 0 saturated heterocycles. The number of nitrogen functional groups attached to an aromatic ring is 1. The molecule has 0 aliphatic rings. The molecule has 0 aliphatic heterocycles. The van der Waals surface area contributed by atoms with Crippen molar-refractivity contribution >= 4 is 48.9 Å². The van der Waals surface area contributed by atoms with Crippen molar-refractivity contribution in [2.45, 2.75) is 11.4 Å². The average Bonchev–Trinajstić information content (AvgIpc) is 3.26. The summed E-state index contributed by atoms with van der Waals surface area (Å²) in [4.78, 5) is 12.9. The number of anilines is 2. The van der Waals surface area contributed by atoms with Gasteiger partial charge in [0.15, 0.2) is 0 Å². The molecule has 2 aromatic heterocycles. The van der Waals surface area contributed by atoms with E-state index < -0.39 is 10.0 Å². The number of primary sulfonamides is 1. The molecule has 29 heavy (non-hydrogen) atoms. The van der Waals surface area contributed by atoms with Crippen LogP contribution in [0.1, 0.15) is 16.1 Å². The van der Waals surface area contributed by atoms with Gasteiger partial charge >= 0.3 is 0 Å². The minimum Gasteiger partial charge on any atom is -0.399 e. The van der Waals surface area contributed by atoms with E-state index in [9.17, 15) is 13.2 Å². The van der Waals surface area contributed by atoms with Crippen molar-refractivity contribution in [2.75, 3.05) is 11.1 Å². The summed E-state index contributed by atoms with van der Waals surface area (Å²) in [5.74, 6) is -0.285. The summed E-state index contributed by atoms with van der Waals surface area (Å²) in [5, 5.41) is 9.90. The first-order valence-corrected chi connectivity index (χ1v) is 11.1. The molecule has 4 rings (SSSR count). The van der Waals surface area contributed by atoms with Crippen molar-refractivity contribution in [1.82, 2.24) is 4.57 Å². The molecule has 9 heteroatoms. The highest BCUT2D eigenvalue weighted by molar-refractivity contribution is 7.89. The summed E-state index contributed by atoms with van der Waals surface area (Å²) in [6.07, 6.45) is 0. The number of nitrogens with one attached hydrogen (secondary N) is 1. The Morgan fingerprint density at radius 2 is 1.72 bits per heavy atom. The number of rotatable bonds is 5. The summed E-state index contributed by atoms with van der Waals surface area (Å²) in [6.45, 7) is 0.521. The molecule has 2 aromatic carbocycles. The first-order chi connectivity index (χ1) is 13.8. The summed E-state index contributed by atoms with van der Waals surface area (Å²) in [7, 11) is -3.78. The van der Waals surface area contributed by atoms with Crippen LogP contribution in [0.2, 0.25) is 0 Å². The lowest BCUT2D eigenvalue weighted by molar-refractivity contribution is 0.101. The van der Waals surface area contributed by atoms with Crippen LogP contribution in [0.4, 0.5) is 11.4 Å².